The van der Waals surface area contributed by atoms with Gasteiger partial charge in [-0.2, -0.15) is 0 Å². The molecule has 1 saturated heterocycles. The molecule has 0 aliphatic carbocycles. The summed E-state index contributed by atoms with van der Waals surface area (Å²) in [7, 11) is 0. The number of benzene rings is 2. The molecule has 2 atom stereocenters. The highest BCUT2D eigenvalue weighted by atomic mass is 16.5. The van der Waals surface area contributed by atoms with Gasteiger partial charge in [0, 0.05) is 50.4 Å². The maximum Gasteiger partial charge on any atom is 0.227 e. The van der Waals surface area contributed by atoms with E-state index in [9.17, 15) is 5.11 Å². The fourth-order valence-corrected chi connectivity index (χ4v) is 4.20. The van der Waals surface area contributed by atoms with Crippen molar-refractivity contribution >= 4 is 11.1 Å². The molecular weight excluding hydrogens is 420 g/mol. The molecule has 2 aromatic heterocycles. The first-order valence-corrected chi connectivity index (χ1v) is 11.2. The van der Waals surface area contributed by atoms with Crippen LogP contribution in [0.3, 0.4) is 0 Å². The highest BCUT2D eigenvalue weighted by Crippen LogP contribution is 2.28. The standard InChI is InChI=1S/C25H28N4O4/c1-17-14-20(27-33-17)16-28-10-12-29(13-11-28)25(18(2)30)31-21-8-9-23-22(15-21)26-24(32-23)19-6-4-3-5-7-19/h3-9,14-15,18,25,30H,10-13,16H2,1-2H3. The quantitative estimate of drug-likeness (QED) is 0.458. The molecule has 8 heteroatoms. The summed E-state index contributed by atoms with van der Waals surface area (Å²) in [6.07, 6.45) is -1.10. The second kappa shape index (κ2) is 9.35. The van der Waals surface area contributed by atoms with E-state index in [-0.39, 0.29) is 0 Å². The van der Waals surface area contributed by atoms with Gasteiger partial charge in [-0.1, -0.05) is 23.4 Å². The van der Waals surface area contributed by atoms with Crippen molar-refractivity contribution < 1.29 is 18.8 Å². The monoisotopic (exact) mass is 448 g/mol. The Bertz CT molecular complexity index is 1200. The van der Waals surface area contributed by atoms with Gasteiger partial charge in [-0.15, -0.1) is 0 Å². The summed E-state index contributed by atoms with van der Waals surface area (Å²) in [6, 6.07) is 17.4. The van der Waals surface area contributed by atoms with Crippen molar-refractivity contribution in [3.8, 4) is 17.2 Å². The topological polar surface area (TPSA) is 88.0 Å². The Hall–Kier alpha value is -3.20. The number of aliphatic hydroxyl groups is 1. The van der Waals surface area contributed by atoms with Crippen LogP contribution < -0.4 is 4.74 Å². The molecule has 0 radical (unpaired) electrons. The van der Waals surface area contributed by atoms with Crippen molar-refractivity contribution in [2.45, 2.75) is 32.7 Å². The van der Waals surface area contributed by atoms with Crippen LogP contribution in [0.25, 0.3) is 22.6 Å². The third-order valence-electron chi connectivity index (χ3n) is 5.88. The predicted molar refractivity (Wildman–Crippen MR) is 124 cm³/mol. The number of rotatable bonds is 7. The van der Waals surface area contributed by atoms with Crippen molar-refractivity contribution in [3.05, 3.63) is 66.1 Å². The third kappa shape index (κ3) is 4.93. The summed E-state index contributed by atoms with van der Waals surface area (Å²) in [5, 5.41) is 14.5. The number of nitrogens with zero attached hydrogens (tertiary/aromatic N) is 4. The molecule has 33 heavy (non-hydrogen) atoms. The molecule has 1 aliphatic rings. The van der Waals surface area contributed by atoms with Gasteiger partial charge in [0.05, 0.1) is 5.69 Å². The molecule has 8 nitrogen and oxygen atoms in total. The van der Waals surface area contributed by atoms with Gasteiger partial charge >= 0.3 is 0 Å². The van der Waals surface area contributed by atoms with E-state index in [1.165, 1.54) is 0 Å². The average Bonchev–Trinajstić information content (AvgIpc) is 3.44. The van der Waals surface area contributed by atoms with Gasteiger partial charge in [-0.25, -0.2) is 4.98 Å². The lowest BCUT2D eigenvalue weighted by Crippen LogP contribution is -2.55. The molecule has 4 aromatic rings. The molecule has 1 N–H and O–H groups in total. The number of piperazine rings is 1. The summed E-state index contributed by atoms with van der Waals surface area (Å²) in [6.45, 7) is 7.73. The van der Waals surface area contributed by atoms with Gasteiger partial charge in [0.25, 0.3) is 0 Å². The number of hydrogen-bond acceptors (Lipinski definition) is 8. The molecule has 5 rings (SSSR count). The Morgan fingerprint density at radius 3 is 2.55 bits per heavy atom. The van der Waals surface area contributed by atoms with Crippen LogP contribution in [0.5, 0.6) is 5.75 Å². The van der Waals surface area contributed by atoms with E-state index in [1.54, 1.807) is 6.92 Å². The van der Waals surface area contributed by atoms with Gasteiger partial charge in [0.1, 0.15) is 23.1 Å². The number of oxazole rings is 1. The van der Waals surface area contributed by atoms with Crippen LogP contribution in [0.15, 0.2) is 63.5 Å². The number of ether oxygens (including phenoxy) is 1. The van der Waals surface area contributed by atoms with Crippen molar-refractivity contribution in [2.24, 2.45) is 0 Å². The minimum Gasteiger partial charge on any atom is -0.472 e. The zero-order chi connectivity index (χ0) is 22.8. The number of aromatic nitrogens is 2. The normalized spacial score (nSPS) is 17.3. The predicted octanol–water partition coefficient (Wildman–Crippen LogP) is 3.69. The minimum absolute atomic E-state index is 0.445. The van der Waals surface area contributed by atoms with Gasteiger partial charge in [-0.3, -0.25) is 9.80 Å². The average molecular weight is 449 g/mol. The molecule has 1 aliphatic heterocycles. The van der Waals surface area contributed by atoms with Crippen molar-refractivity contribution in [3.63, 3.8) is 0 Å². The first kappa shape index (κ1) is 21.6. The second-order valence-electron chi connectivity index (χ2n) is 8.50. The Balaban J connectivity index is 1.25. The summed E-state index contributed by atoms with van der Waals surface area (Å²) < 4.78 is 17.3. The van der Waals surface area contributed by atoms with E-state index >= 15 is 0 Å². The molecule has 1 fully saturated rings. The van der Waals surface area contributed by atoms with Crippen LogP contribution in [0.1, 0.15) is 18.4 Å². The first-order chi connectivity index (χ1) is 16.0. The van der Waals surface area contributed by atoms with Crippen LogP contribution in [-0.4, -0.2) is 63.6 Å². The number of fused-ring (bicyclic) bond motifs is 1. The van der Waals surface area contributed by atoms with Gasteiger partial charge < -0.3 is 18.8 Å². The van der Waals surface area contributed by atoms with E-state index in [4.69, 9.17) is 13.7 Å². The minimum atomic E-state index is -0.650. The molecule has 0 saturated carbocycles. The van der Waals surface area contributed by atoms with Crippen molar-refractivity contribution in [1.29, 1.82) is 0 Å². The Morgan fingerprint density at radius 2 is 1.85 bits per heavy atom. The summed E-state index contributed by atoms with van der Waals surface area (Å²) in [4.78, 5) is 9.13. The highest BCUT2D eigenvalue weighted by molar-refractivity contribution is 5.77. The van der Waals surface area contributed by atoms with Crippen LogP contribution in [0, 0.1) is 6.92 Å². The summed E-state index contributed by atoms with van der Waals surface area (Å²) >= 11 is 0. The molecule has 172 valence electrons. The molecule has 3 heterocycles. The highest BCUT2D eigenvalue weighted by Gasteiger charge is 2.29. The number of aryl methyl sites for hydroxylation is 1. The fraction of sp³-hybridized carbons (Fsp3) is 0.360. The summed E-state index contributed by atoms with van der Waals surface area (Å²) in [5.74, 6) is 2.06. The van der Waals surface area contributed by atoms with Crippen molar-refractivity contribution in [1.82, 2.24) is 19.9 Å². The van der Waals surface area contributed by atoms with Crippen LogP contribution in [-0.2, 0) is 6.54 Å². The fourth-order valence-electron chi connectivity index (χ4n) is 4.20. The number of hydrogen-bond donors (Lipinski definition) is 1. The Kier molecular flexibility index (Phi) is 6.13. The zero-order valence-corrected chi connectivity index (χ0v) is 18.8. The molecule has 2 unspecified atom stereocenters. The Labute approximate surface area is 192 Å². The lowest BCUT2D eigenvalue weighted by molar-refractivity contribution is -0.0752. The SMILES string of the molecule is Cc1cc(CN2CCN(C(Oc3ccc4oc(-c5ccccc5)nc4c3)C(C)O)CC2)no1. The van der Waals surface area contributed by atoms with E-state index in [1.807, 2.05) is 61.5 Å². The molecular formula is C25H28N4O4. The van der Waals surface area contributed by atoms with Crippen LogP contribution in [0.2, 0.25) is 0 Å². The second-order valence-corrected chi connectivity index (χ2v) is 8.50. The molecule has 2 aromatic carbocycles. The van der Waals surface area contributed by atoms with Gasteiger partial charge in [0.2, 0.25) is 5.89 Å². The van der Waals surface area contributed by atoms with Crippen molar-refractivity contribution in [2.75, 3.05) is 26.2 Å². The zero-order valence-electron chi connectivity index (χ0n) is 18.8. The smallest absolute Gasteiger partial charge is 0.227 e. The lowest BCUT2D eigenvalue weighted by atomic mass is 10.2. The van der Waals surface area contributed by atoms with E-state index in [0.717, 1.165) is 55.3 Å². The Morgan fingerprint density at radius 1 is 1.06 bits per heavy atom. The lowest BCUT2D eigenvalue weighted by Gasteiger charge is -2.39. The molecule has 0 spiro atoms. The molecule has 0 amide bonds. The number of aliphatic hydroxyl groups excluding tert-OH is 1. The van der Waals surface area contributed by atoms with E-state index in [0.29, 0.717) is 17.2 Å². The van der Waals surface area contributed by atoms with Gasteiger partial charge in [0.15, 0.2) is 11.8 Å². The molecule has 0 bridgehead atoms. The maximum atomic E-state index is 10.5. The summed E-state index contributed by atoms with van der Waals surface area (Å²) in [5.41, 5.74) is 3.30. The van der Waals surface area contributed by atoms with E-state index in [2.05, 4.69) is 19.9 Å². The van der Waals surface area contributed by atoms with E-state index < -0.39 is 12.3 Å². The largest absolute Gasteiger partial charge is 0.472 e. The third-order valence-corrected chi connectivity index (χ3v) is 5.88. The maximum absolute atomic E-state index is 10.5. The first-order valence-electron chi connectivity index (χ1n) is 11.2. The van der Waals surface area contributed by atoms with Crippen LogP contribution in [0.4, 0.5) is 0 Å². The van der Waals surface area contributed by atoms with Gasteiger partial charge in [-0.05, 0) is 38.1 Å². The van der Waals surface area contributed by atoms with Crippen LogP contribution >= 0.6 is 0 Å².